The Kier molecular flexibility index (Phi) is 2.06. The third kappa shape index (κ3) is 1.64. The minimum Gasteiger partial charge on any atom is -0.371 e. The summed E-state index contributed by atoms with van der Waals surface area (Å²) in [7, 11) is 0. The first-order valence-corrected chi connectivity index (χ1v) is 3.40. The molecule has 0 amide bonds. The zero-order valence-corrected chi connectivity index (χ0v) is 6.02. The van der Waals surface area contributed by atoms with Gasteiger partial charge in [-0.2, -0.15) is 13.2 Å². The molecule has 11 heavy (non-hydrogen) atoms. The molecule has 2 unspecified atom stereocenters. The molecule has 0 fully saturated rings. The van der Waals surface area contributed by atoms with Gasteiger partial charge in [0.15, 0.2) is 6.04 Å². The Balaban J connectivity index is 2.63. The second-order valence-electron chi connectivity index (χ2n) is 2.45. The quantitative estimate of drug-likeness (QED) is 0.624. The molecule has 1 heterocycles. The van der Waals surface area contributed by atoms with Gasteiger partial charge in [-0.25, -0.2) is 0 Å². The number of rotatable bonds is 1. The van der Waals surface area contributed by atoms with Crippen molar-refractivity contribution in [2.75, 3.05) is 0 Å². The third-order valence-electron chi connectivity index (χ3n) is 1.68. The lowest BCUT2D eigenvalue weighted by molar-refractivity contribution is -0.150. The van der Waals surface area contributed by atoms with Crippen molar-refractivity contribution in [2.24, 2.45) is 4.99 Å². The van der Waals surface area contributed by atoms with Crippen LogP contribution in [0.5, 0.6) is 0 Å². The number of nitrogens with zero attached hydrogens (tertiary/aromatic N) is 1. The van der Waals surface area contributed by atoms with E-state index in [1.165, 1.54) is 0 Å². The summed E-state index contributed by atoms with van der Waals surface area (Å²) >= 11 is 0. The molecule has 64 valence electrons. The molecule has 0 bridgehead atoms. The van der Waals surface area contributed by atoms with Crippen LogP contribution in [0.25, 0.3) is 0 Å². The van der Waals surface area contributed by atoms with E-state index in [-0.39, 0.29) is 0 Å². The van der Waals surface area contributed by atoms with Gasteiger partial charge in [0.05, 0.1) is 12.4 Å². The second kappa shape index (κ2) is 2.71. The number of hydrogen-bond acceptors (Lipinski definition) is 2. The molecule has 0 spiro atoms. The lowest BCUT2D eigenvalue weighted by Gasteiger charge is -2.18. The predicted octanol–water partition coefficient (Wildman–Crippen LogP) is 1.33. The Bertz CT molecular complexity index is 164. The highest BCUT2D eigenvalue weighted by Gasteiger charge is 2.45. The van der Waals surface area contributed by atoms with E-state index in [0.29, 0.717) is 6.42 Å². The van der Waals surface area contributed by atoms with Crippen LogP contribution in [0.4, 0.5) is 13.2 Å². The molecule has 0 saturated carbocycles. The maximum absolute atomic E-state index is 12.0. The number of hydrogen-bond donors (Lipinski definition) is 1. The van der Waals surface area contributed by atoms with Gasteiger partial charge in [-0.3, -0.25) is 4.99 Å². The van der Waals surface area contributed by atoms with Crippen LogP contribution >= 0.6 is 0 Å². The van der Waals surface area contributed by atoms with Gasteiger partial charge < -0.3 is 5.32 Å². The van der Waals surface area contributed by atoms with Crippen LogP contribution < -0.4 is 5.32 Å². The van der Waals surface area contributed by atoms with Crippen molar-refractivity contribution in [3.63, 3.8) is 0 Å². The molecule has 0 aromatic carbocycles. The normalized spacial score (nSPS) is 30.5. The van der Waals surface area contributed by atoms with Crippen molar-refractivity contribution in [1.29, 1.82) is 0 Å². The molecule has 1 aliphatic heterocycles. The van der Waals surface area contributed by atoms with Crippen molar-refractivity contribution in [2.45, 2.75) is 31.6 Å². The Morgan fingerprint density at radius 2 is 2.18 bits per heavy atom. The van der Waals surface area contributed by atoms with E-state index in [9.17, 15) is 13.2 Å². The zero-order valence-electron chi connectivity index (χ0n) is 6.02. The fraction of sp³-hybridized carbons (Fsp3) is 0.833. The van der Waals surface area contributed by atoms with Gasteiger partial charge in [0.25, 0.3) is 0 Å². The van der Waals surface area contributed by atoms with Crippen molar-refractivity contribution in [1.82, 2.24) is 5.32 Å². The molecule has 5 heteroatoms. The molecular formula is C6H9F3N2. The molecule has 1 aliphatic rings. The van der Waals surface area contributed by atoms with Crippen LogP contribution in [0, 0.1) is 0 Å². The van der Waals surface area contributed by atoms with Crippen LogP contribution in [-0.2, 0) is 0 Å². The van der Waals surface area contributed by atoms with E-state index in [0.717, 1.165) is 6.34 Å². The average molecular weight is 166 g/mol. The lowest BCUT2D eigenvalue weighted by Crippen LogP contribution is -2.40. The largest absolute Gasteiger partial charge is 0.412 e. The standard InChI is InChI=1S/C6H9F3N2/c1-2-4-5(6(7,8)9)11-3-10-4/h3-5H,2H2,1H3,(H,10,11). The maximum Gasteiger partial charge on any atom is 0.412 e. The van der Waals surface area contributed by atoms with Gasteiger partial charge in [-0.15, -0.1) is 0 Å². The molecule has 1 rings (SSSR count). The van der Waals surface area contributed by atoms with Gasteiger partial charge in [-0.1, -0.05) is 6.92 Å². The number of alkyl halides is 3. The smallest absolute Gasteiger partial charge is 0.371 e. The molecule has 0 aromatic heterocycles. The minimum atomic E-state index is -4.21. The molecule has 0 radical (unpaired) electrons. The molecule has 0 aromatic rings. The monoisotopic (exact) mass is 166 g/mol. The highest BCUT2D eigenvalue weighted by Crippen LogP contribution is 2.27. The fourth-order valence-corrected chi connectivity index (χ4v) is 1.07. The van der Waals surface area contributed by atoms with Crippen LogP contribution in [0.3, 0.4) is 0 Å². The zero-order chi connectivity index (χ0) is 8.48. The van der Waals surface area contributed by atoms with Crippen LogP contribution in [0.1, 0.15) is 13.3 Å². The first-order chi connectivity index (χ1) is 5.05. The average Bonchev–Trinajstić information content (AvgIpc) is 2.31. The van der Waals surface area contributed by atoms with Crippen molar-refractivity contribution < 1.29 is 13.2 Å². The first kappa shape index (κ1) is 8.36. The minimum absolute atomic E-state index is 0.435. The van der Waals surface area contributed by atoms with Crippen LogP contribution in [0.15, 0.2) is 4.99 Å². The summed E-state index contributed by atoms with van der Waals surface area (Å²) in [4.78, 5) is 3.30. The molecule has 2 atom stereocenters. The Labute approximate surface area is 62.5 Å². The number of aliphatic imine (C=N–C) groups is 1. The van der Waals surface area contributed by atoms with E-state index >= 15 is 0 Å². The SMILES string of the molecule is CCC1NC=NC1C(F)(F)F. The van der Waals surface area contributed by atoms with Crippen LogP contribution in [-0.4, -0.2) is 24.6 Å². The summed E-state index contributed by atoms with van der Waals surface area (Å²) in [6.45, 7) is 1.70. The van der Waals surface area contributed by atoms with Crippen molar-refractivity contribution in [3.05, 3.63) is 0 Å². The molecule has 2 nitrogen and oxygen atoms in total. The van der Waals surface area contributed by atoms with Crippen molar-refractivity contribution >= 4 is 6.34 Å². The number of nitrogens with one attached hydrogen (secondary N) is 1. The van der Waals surface area contributed by atoms with Gasteiger partial charge >= 0.3 is 6.18 Å². The van der Waals surface area contributed by atoms with Crippen LogP contribution in [0.2, 0.25) is 0 Å². The van der Waals surface area contributed by atoms with Crippen molar-refractivity contribution in [3.8, 4) is 0 Å². The topological polar surface area (TPSA) is 24.4 Å². The highest BCUT2D eigenvalue weighted by molar-refractivity contribution is 5.58. The second-order valence-corrected chi connectivity index (χ2v) is 2.45. The van der Waals surface area contributed by atoms with E-state index in [4.69, 9.17) is 0 Å². The molecule has 1 N–H and O–H groups in total. The van der Waals surface area contributed by atoms with E-state index < -0.39 is 18.3 Å². The summed E-state index contributed by atoms with van der Waals surface area (Å²) in [6, 6.07) is -2.12. The van der Waals surface area contributed by atoms with Gasteiger partial charge in [0.1, 0.15) is 0 Å². The van der Waals surface area contributed by atoms with E-state index in [1.807, 2.05) is 0 Å². The molecule has 0 saturated heterocycles. The predicted molar refractivity (Wildman–Crippen MR) is 35.5 cm³/mol. The van der Waals surface area contributed by atoms with Gasteiger partial charge in [-0.05, 0) is 6.42 Å². The summed E-state index contributed by atoms with van der Waals surface area (Å²) in [5, 5.41) is 2.55. The summed E-state index contributed by atoms with van der Waals surface area (Å²) < 4.78 is 36.1. The first-order valence-electron chi connectivity index (χ1n) is 3.40. The summed E-state index contributed by atoms with van der Waals surface area (Å²) in [5.74, 6) is 0. The van der Waals surface area contributed by atoms with E-state index in [2.05, 4.69) is 10.3 Å². The Hall–Kier alpha value is -0.740. The molecular weight excluding hydrogens is 157 g/mol. The van der Waals surface area contributed by atoms with Gasteiger partial charge in [0.2, 0.25) is 0 Å². The molecule has 0 aliphatic carbocycles. The van der Waals surface area contributed by atoms with Gasteiger partial charge in [0, 0.05) is 0 Å². The van der Waals surface area contributed by atoms with E-state index in [1.54, 1.807) is 6.92 Å². The Morgan fingerprint density at radius 3 is 2.55 bits per heavy atom. The fourth-order valence-electron chi connectivity index (χ4n) is 1.07. The number of halogens is 3. The third-order valence-corrected chi connectivity index (χ3v) is 1.68. The Morgan fingerprint density at radius 1 is 1.55 bits per heavy atom. The highest BCUT2D eigenvalue weighted by atomic mass is 19.4. The summed E-state index contributed by atoms with van der Waals surface area (Å²) in [5.41, 5.74) is 0. The lowest BCUT2D eigenvalue weighted by atomic mass is 10.1. The summed E-state index contributed by atoms with van der Waals surface area (Å²) in [6.07, 6.45) is -2.64. The maximum atomic E-state index is 12.0.